The summed E-state index contributed by atoms with van der Waals surface area (Å²) >= 11 is 0. The van der Waals surface area contributed by atoms with Gasteiger partial charge in [0.2, 0.25) is 0 Å². The number of rotatable bonds is 3. The summed E-state index contributed by atoms with van der Waals surface area (Å²) in [6.45, 7) is 3.33. The highest BCUT2D eigenvalue weighted by Crippen LogP contribution is 2.22. The van der Waals surface area contributed by atoms with Gasteiger partial charge in [-0.3, -0.25) is 9.58 Å². The summed E-state index contributed by atoms with van der Waals surface area (Å²) in [6, 6.07) is 13.2. The highest BCUT2D eigenvalue weighted by atomic mass is 15.3. The van der Waals surface area contributed by atoms with Gasteiger partial charge in [-0.1, -0.05) is 30.3 Å². The van der Waals surface area contributed by atoms with Crippen LogP contribution in [-0.2, 0) is 6.54 Å². The second kappa shape index (κ2) is 4.72. The molecule has 0 saturated carbocycles. The number of hydrogen-bond donors (Lipinski definition) is 0. The van der Waals surface area contributed by atoms with Gasteiger partial charge in [-0.25, -0.2) is 0 Å². The van der Waals surface area contributed by atoms with Gasteiger partial charge in [-0.2, -0.15) is 5.10 Å². The monoisotopic (exact) mass is 227 g/mol. The zero-order chi connectivity index (χ0) is 11.5. The fourth-order valence-electron chi connectivity index (χ4n) is 2.51. The first-order valence-electron chi connectivity index (χ1n) is 6.17. The zero-order valence-electron chi connectivity index (χ0n) is 9.87. The number of aromatic nitrogens is 2. The Bertz CT molecular complexity index is 450. The normalized spacial score (nSPS) is 20.8. The van der Waals surface area contributed by atoms with Crippen molar-refractivity contribution in [3.05, 3.63) is 54.4 Å². The molecule has 1 aliphatic heterocycles. The van der Waals surface area contributed by atoms with Gasteiger partial charge >= 0.3 is 0 Å². The molecule has 3 heteroatoms. The quantitative estimate of drug-likeness (QED) is 0.802. The largest absolute Gasteiger partial charge is 0.297 e. The predicted molar refractivity (Wildman–Crippen MR) is 67.6 cm³/mol. The molecule has 1 atom stereocenters. The van der Waals surface area contributed by atoms with Crippen LogP contribution >= 0.6 is 0 Å². The van der Waals surface area contributed by atoms with Crippen LogP contribution in [0.25, 0.3) is 0 Å². The maximum atomic E-state index is 4.33. The van der Waals surface area contributed by atoms with Crippen LogP contribution in [0.3, 0.4) is 0 Å². The van der Waals surface area contributed by atoms with Crippen LogP contribution in [0.15, 0.2) is 48.8 Å². The first kappa shape index (κ1) is 10.5. The Morgan fingerprint density at radius 2 is 2.06 bits per heavy atom. The van der Waals surface area contributed by atoms with Gasteiger partial charge in [0, 0.05) is 32.0 Å². The maximum Gasteiger partial charge on any atom is 0.0658 e. The summed E-state index contributed by atoms with van der Waals surface area (Å²) in [7, 11) is 0. The highest BCUT2D eigenvalue weighted by Gasteiger charge is 2.23. The van der Waals surface area contributed by atoms with Crippen molar-refractivity contribution in [3.8, 4) is 0 Å². The number of hydrogen-bond acceptors (Lipinski definition) is 2. The van der Waals surface area contributed by atoms with Crippen molar-refractivity contribution in [2.45, 2.75) is 19.0 Å². The highest BCUT2D eigenvalue weighted by molar-refractivity contribution is 5.14. The third-order valence-electron chi connectivity index (χ3n) is 3.40. The van der Waals surface area contributed by atoms with Gasteiger partial charge in [0.25, 0.3) is 0 Å². The van der Waals surface area contributed by atoms with Gasteiger partial charge in [-0.15, -0.1) is 0 Å². The first-order chi connectivity index (χ1) is 8.42. The van der Waals surface area contributed by atoms with E-state index >= 15 is 0 Å². The lowest BCUT2D eigenvalue weighted by Crippen LogP contribution is -2.21. The van der Waals surface area contributed by atoms with E-state index in [-0.39, 0.29) is 0 Å². The van der Waals surface area contributed by atoms with E-state index < -0.39 is 0 Å². The average Bonchev–Trinajstić information content (AvgIpc) is 3.00. The molecule has 1 aliphatic rings. The van der Waals surface area contributed by atoms with Crippen LogP contribution in [0, 0.1) is 0 Å². The van der Waals surface area contributed by atoms with E-state index in [9.17, 15) is 0 Å². The topological polar surface area (TPSA) is 21.1 Å². The second-order valence-corrected chi connectivity index (χ2v) is 4.65. The van der Waals surface area contributed by atoms with Crippen molar-refractivity contribution in [2.75, 3.05) is 13.1 Å². The molecule has 1 saturated heterocycles. The first-order valence-corrected chi connectivity index (χ1v) is 6.17. The summed E-state index contributed by atoms with van der Waals surface area (Å²) in [6.07, 6.45) is 5.13. The Balaban J connectivity index is 1.61. The van der Waals surface area contributed by atoms with Crippen LogP contribution in [0.2, 0.25) is 0 Å². The summed E-state index contributed by atoms with van der Waals surface area (Å²) in [5.41, 5.74) is 1.40. The molecule has 88 valence electrons. The molecule has 0 bridgehead atoms. The summed E-state index contributed by atoms with van der Waals surface area (Å²) < 4.78 is 2.09. The van der Waals surface area contributed by atoms with E-state index in [1.807, 2.05) is 12.3 Å². The third kappa shape index (κ3) is 2.39. The number of nitrogens with zero attached hydrogens (tertiary/aromatic N) is 3. The molecule has 1 fully saturated rings. The van der Waals surface area contributed by atoms with Gasteiger partial charge < -0.3 is 0 Å². The summed E-state index contributed by atoms with van der Waals surface area (Å²) in [5.74, 6) is 0. The lowest BCUT2D eigenvalue weighted by atomic mass is 10.2. The van der Waals surface area contributed by atoms with Crippen LogP contribution in [-0.4, -0.2) is 27.8 Å². The molecule has 1 aromatic carbocycles. The van der Waals surface area contributed by atoms with Crippen LogP contribution in [0.4, 0.5) is 0 Å². The Hall–Kier alpha value is -1.61. The van der Waals surface area contributed by atoms with Gasteiger partial charge in [0.05, 0.1) is 6.04 Å². The lowest BCUT2D eigenvalue weighted by Gasteiger charge is -2.16. The minimum absolute atomic E-state index is 0.550. The molecular formula is C14H17N3. The van der Waals surface area contributed by atoms with Crippen molar-refractivity contribution < 1.29 is 0 Å². The average molecular weight is 227 g/mol. The van der Waals surface area contributed by atoms with E-state index in [4.69, 9.17) is 0 Å². The lowest BCUT2D eigenvalue weighted by molar-refractivity contribution is 0.312. The summed E-state index contributed by atoms with van der Waals surface area (Å²) in [5, 5.41) is 4.33. The molecular weight excluding hydrogens is 210 g/mol. The van der Waals surface area contributed by atoms with Crippen molar-refractivity contribution in [1.29, 1.82) is 0 Å². The summed E-state index contributed by atoms with van der Waals surface area (Å²) in [4.78, 5) is 2.50. The van der Waals surface area contributed by atoms with Crippen molar-refractivity contribution >= 4 is 0 Å². The predicted octanol–water partition coefficient (Wildman–Crippen LogP) is 2.33. The fourth-order valence-corrected chi connectivity index (χ4v) is 2.51. The third-order valence-corrected chi connectivity index (χ3v) is 3.40. The van der Waals surface area contributed by atoms with E-state index in [1.54, 1.807) is 0 Å². The molecule has 0 N–H and O–H groups in total. The molecule has 1 aromatic heterocycles. The molecule has 0 spiro atoms. The molecule has 0 amide bonds. The molecule has 3 rings (SSSR count). The molecule has 3 nitrogen and oxygen atoms in total. The minimum atomic E-state index is 0.550. The smallest absolute Gasteiger partial charge is 0.0658 e. The number of likely N-dealkylation sites (tertiary alicyclic amines) is 1. The van der Waals surface area contributed by atoms with E-state index in [2.05, 4.69) is 51.2 Å². The van der Waals surface area contributed by atoms with Crippen LogP contribution < -0.4 is 0 Å². The van der Waals surface area contributed by atoms with Gasteiger partial charge in [0.1, 0.15) is 0 Å². The zero-order valence-corrected chi connectivity index (χ0v) is 9.87. The Labute approximate surface area is 102 Å². The van der Waals surface area contributed by atoms with Gasteiger partial charge in [0.15, 0.2) is 0 Å². The van der Waals surface area contributed by atoms with Crippen molar-refractivity contribution in [1.82, 2.24) is 14.7 Å². The Morgan fingerprint density at radius 1 is 1.18 bits per heavy atom. The van der Waals surface area contributed by atoms with Crippen LogP contribution in [0.1, 0.15) is 18.0 Å². The van der Waals surface area contributed by atoms with Crippen molar-refractivity contribution in [2.24, 2.45) is 0 Å². The SMILES string of the molecule is c1ccc(CN2CCC(n3cccn3)C2)cc1. The maximum absolute atomic E-state index is 4.33. The molecule has 17 heavy (non-hydrogen) atoms. The van der Waals surface area contributed by atoms with E-state index in [0.29, 0.717) is 6.04 Å². The molecule has 2 heterocycles. The standard InChI is InChI=1S/C14H17N3/c1-2-5-13(6-3-1)11-16-10-7-14(12-16)17-9-4-8-15-17/h1-6,8-9,14H,7,10-12H2. The Morgan fingerprint density at radius 3 is 2.82 bits per heavy atom. The number of benzene rings is 1. The molecule has 0 radical (unpaired) electrons. The van der Waals surface area contributed by atoms with Crippen molar-refractivity contribution in [3.63, 3.8) is 0 Å². The molecule has 2 aromatic rings. The molecule has 1 unspecified atom stereocenters. The fraction of sp³-hybridized carbons (Fsp3) is 0.357. The molecule has 0 aliphatic carbocycles. The minimum Gasteiger partial charge on any atom is -0.297 e. The van der Waals surface area contributed by atoms with Gasteiger partial charge in [-0.05, 0) is 18.1 Å². The Kier molecular flexibility index (Phi) is 2.92. The van der Waals surface area contributed by atoms with E-state index in [1.165, 1.54) is 18.5 Å². The second-order valence-electron chi connectivity index (χ2n) is 4.65. The van der Waals surface area contributed by atoms with Crippen LogP contribution in [0.5, 0.6) is 0 Å². The van der Waals surface area contributed by atoms with E-state index in [0.717, 1.165) is 13.1 Å².